The molecule has 94 valence electrons. The zero-order valence-corrected chi connectivity index (χ0v) is 10.6. The average molecular weight is 242 g/mol. The minimum Gasteiger partial charge on any atom is -0.494 e. The predicted octanol–water partition coefficient (Wildman–Crippen LogP) is 3.27. The number of para-hydroxylation sites is 1. The van der Waals surface area contributed by atoms with E-state index >= 15 is 0 Å². The van der Waals surface area contributed by atoms with E-state index in [0.717, 1.165) is 36.7 Å². The summed E-state index contributed by atoms with van der Waals surface area (Å²) in [7, 11) is 0. The minimum absolute atomic E-state index is 0.723. The van der Waals surface area contributed by atoms with Crippen LogP contribution in [-0.4, -0.2) is 18.1 Å². The molecule has 3 nitrogen and oxygen atoms in total. The van der Waals surface area contributed by atoms with Crippen molar-refractivity contribution in [2.45, 2.75) is 13.3 Å². The van der Waals surface area contributed by atoms with E-state index < -0.39 is 0 Å². The van der Waals surface area contributed by atoms with Crippen LogP contribution in [0.2, 0.25) is 0 Å². The number of nitrogens with one attached hydrogen (secondary N) is 1. The molecule has 0 spiro atoms. The van der Waals surface area contributed by atoms with Crippen molar-refractivity contribution < 1.29 is 4.74 Å². The summed E-state index contributed by atoms with van der Waals surface area (Å²) in [6, 6.07) is 13.9. The SMILES string of the molecule is Cc1cc(NCCCOc2ccccc2)ccn1. The Kier molecular flexibility index (Phi) is 4.59. The molecule has 0 unspecified atom stereocenters. The Labute approximate surface area is 108 Å². The molecule has 0 atom stereocenters. The van der Waals surface area contributed by atoms with E-state index in [9.17, 15) is 0 Å². The average Bonchev–Trinajstić information content (AvgIpc) is 2.40. The lowest BCUT2D eigenvalue weighted by molar-refractivity contribution is 0.315. The molecule has 1 aromatic carbocycles. The topological polar surface area (TPSA) is 34.1 Å². The van der Waals surface area contributed by atoms with Crippen molar-refractivity contribution in [3.05, 3.63) is 54.4 Å². The van der Waals surface area contributed by atoms with Crippen LogP contribution in [0.15, 0.2) is 48.7 Å². The van der Waals surface area contributed by atoms with E-state index in [4.69, 9.17) is 4.74 Å². The van der Waals surface area contributed by atoms with Crippen LogP contribution < -0.4 is 10.1 Å². The monoisotopic (exact) mass is 242 g/mol. The summed E-state index contributed by atoms with van der Waals surface area (Å²) >= 11 is 0. The molecule has 1 heterocycles. The van der Waals surface area contributed by atoms with Crippen LogP contribution in [0.25, 0.3) is 0 Å². The highest BCUT2D eigenvalue weighted by molar-refractivity contribution is 5.42. The number of hydrogen-bond donors (Lipinski definition) is 1. The molecule has 0 saturated carbocycles. The Morgan fingerprint density at radius 2 is 2.00 bits per heavy atom. The number of hydrogen-bond acceptors (Lipinski definition) is 3. The summed E-state index contributed by atoms with van der Waals surface area (Å²) in [5, 5.41) is 3.35. The van der Waals surface area contributed by atoms with Gasteiger partial charge in [-0.05, 0) is 37.6 Å². The van der Waals surface area contributed by atoms with Crippen molar-refractivity contribution in [1.82, 2.24) is 4.98 Å². The molecule has 0 aliphatic heterocycles. The fraction of sp³-hybridized carbons (Fsp3) is 0.267. The Morgan fingerprint density at radius 1 is 1.17 bits per heavy atom. The fourth-order valence-corrected chi connectivity index (χ4v) is 1.67. The van der Waals surface area contributed by atoms with Gasteiger partial charge in [-0.15, -0.1) is 0 Å². The second kappa shape index (κ2) is 6.64. The third-order valence-corrected chi connectivity index (χ3v) is 2.56. The molecular formula is C15H18N2O. The van der Waals surface area contributed by atoms with E-state index in [2.05, 4.69) is 10.3 Å². The smallest absolute Gasteiger partial charge is 0.119 e. The van der Waals surface area contributed by atoms with E-state index in [0.29, 0.717) is 0 Å². The second-order valence-electron chi connectivity index (χ2n) is 4.13. The van der Waals surface area contributed by atoms with Gasteiger partial charge in [0.05, 0.1) is 6.61 Å². The number of aryl methyl sites for hydroxylation is 1. The lowest BCUT2D eigenvalue weighted by atomic mass is 10.3. The maximum atomic E-state index is 5.62. The van der Waals surface area contributed by atoms with Gasteiger partial charge in [-0.1, -0.05) is 18.2 Å². The van der Waals surface area contributed by atoms with Crippen LogP contribution in [0.3, 0.4) is 0 Å². The fourth-order valence-electron chi connectivity index (χ4n) is 1.67. The van der Waals surface area contributed by atoms with Crippen LogP contribution in [0.5, 0.6) is 5.75 Å². The predicted molar refractivity (Wildman–Crippen MR) is 74.0 cm³/mol. The number of benzene rings is 1. The molecule has 0 fully saturated rings. The van der Waals surface area contributed by atoms with Gasteiger partial charge in [0, 0.05) is 24.1 Å². The summed E-state index contributed by atoms with van der Waals surface area (Å²) in [5.74, 6) is 0.928. The molecule has 2 rings (SSSR count). The zero-order chi connectivity index (χ0) is 12.6. The number of nitrogens with zero attached hydrogens (tertiary/aromatic N) is 1. The number of ether oxygens (including phenoxy) is 1. The van der Waals surface area contributed by atoms with Gasteiger partial charge >= 0.3 is 0 Å². The summed E-state index contributed by atoms with van der Waals surface area (Å²) in [6.07, 6.45) is 2.79. The third kappa shape index (κ3) is 4.09. The third-order valence-electron chi connectivity index (χ3n) is 2.56. The molecule has 2 aromatic rings. The van der Waals surface area contributed by atoms with Crippen molar-refractivity contribution in [2.24, 2.45) is 0 Å². The summed E-state index contributed by atoms with van der Waals surface area (Å²) in [5.41, 5.74) is 2.14. The first-order valence-corrected chi connectivity index (χ1v) is 6.19. The molecular weight excluding hydrogens is 224 g/mol. The molecule has 0 aliphatic rings. The number of aromatic nitrogens is 1. The van der Waals surface area contributed by atoms with E-state index in [1.165, 1.54) is 0 Å². The number of rotatable bonds is 6. The van der Waals surface area contributed by atoms with Crippen molar-refractivity contribution in [3.8, 4) is 5.75 Å². The molecule has 1 aromatic heterocycles. The summed E-state index contributed by atoms with van der Waals surface area (Å²) < 4.78 is 5.62. The zero-order valence-electron chi connectivity index (χ0n) is 10.6. The molecule has 0 amide bonds. The van der Waals surface area contributed by atoms with Gasteiger partial charge in [0.15, 0.2) is 0 Å². The van der Waals surface area contributed by atoms with Crippen molar-refractivity contribution >= 4 is 5.69 Å². The van der Waals surface area contributed by atoms with Gasteiger partial charge in [0.25, 0.3) is 0 Å². The Hall–Kier alpha value is -2.03. The van der Waals surface area contributed by atoms with Gasteiger partial charge in [-0.25, -0.2) is 0 Å². The first-order chi connectivity index (χ1) is 8.84. The Bertz CT molecular complexity index is 471. The quantitative estimate of drug-likeness (QED) is 0.789. The highest BCUT2D eigenvalue weighted by atomic mass is 16.5. The molecule has 18 heavy (non-hydrogen) atoms. The normalized spacial score (nSPS) is 10.1. The van der Waals surface area contributed by atoms with Gasteiger partial charge in [0.1, 0.15) is 5.75 Å². The van der Waals surface area contributed by atoms with Gasteiger partial charge in [-0.3, -0.25) is 4.98 Å². The van der Waals surface area contributed by atoms with Crippen LogP contribution >= 0.6 is 0 Å². The van der Waals surface area contributed by atoms with E-state index in [1.54, 1.807) is 0 Å². The number of pyridine rings is 1. The maximum Gasteiger partial charge on any atom is 0.119 e. The Morgan fingerprint density at radius 3 is 2.78 bits per heavy atom. The molecule has 0 saturated heterocycles. The van der Waals surface area contributed by atoms with Crippen LogP contribution in [0, 0.1) is 6.92 Å². The van der Waals surface area contributed by atoms with Crippen LogP contribution in [-0.2, 0) is 0 Å². The van der Waals surface area contributed by atoms with Crippen molar-refractivity contribution in [2.75, 3.05) is 18.5 Å². The maximum absolute atomic E-state index is 5.62. The second-order valence-corrected chi connectivity index (χ2v) is 4.13. The molecule has 3 heteroatoms. The van der Waals surface area contributed by atoms with Gasteiger partial charge in [0.2, 0.25) is 0 Å². The Balaban J connectivity index is 1.65. The van der Waals surface area contributed by atoms with Crippen molar-refractivity contribution in [1.29, 1.82) is 0 Å². The van der Waals surface area contributed by atoms with E-state index in [-0.39, 0.29) is 0 Å². The minimum atomic E-state index is 0.723. The largest absolute Gasteiger partial charge is 0.494 e. The van der Waals surface area contributed by atoms with E-state index in [1.807, 2.05) is 55.6 Å². The highest BCUT2D eigenvalue weighted by Gasteiger charge is 1.94. The summed E-state index contributed by atoms with van der Waals surface area (Å²) in [4.78, 5) is 4.16. The first kappa shape index (κ1) is 12.4. The van der Waals surface area contributed by atoms with Crippen LogP contribution in [0.1, 0.15) is 12.1 Å². The van der Waals surface area contributed by atoms with Gasteiger partial charge in [-0.2, -0.15) is 0 Å². The summed E-state index contributed by atoms with van der Waals surface area (Å²) in [6.45, 7) is 3.61. The highest BCUT2D eigenvalue weighted by Crippen LogP contribution is 2.09. The van der Waals surface area contributed by atoms with Crippen LogP contribution in [0.4, 0.5) is 5.69 Å². The molecule has 0 aliphatic carbocycles. The van der Waals surface area contributed by atoms with Gasteiger partial charge < -0.3 is 10.1 Å². The number of anilines is 1. The van der Waals surface area contributed by atoms with Crippen molar-refractivity contribution in [3.63, 3.8) is 0 Å². The molecule has 0 radical (unpaired) electrons. The molecule has 0 bridgehead atoms. The first-order valence-electron chi connectivity index (χ1n) is 6.19. The standard InChI is InChI=1S/C15H18N2O/c1-13-12-14(8-10-16-13)17-9-5-11-18-15-6-3-2-4-7-15/h2-4,6-8,10,12H,5,9,11H2,1H3,(H,16,17). The lowest BCUT2D eigenvalue weighted by Gasteiger charge is -2.08. The molecule has 1 N–H and O–H groups in total. The lowest BCUT2D eigenvalue weighted by Crippen LogP contribution is -2.07.